The minimum Gasteiger partial charge on any atom is -0.341 e. The molecule has 3 heteroatoms. The highest BCUT2D eigenvalue weighted by molar-refractivity contribution is 6.17. The van der Waals surface area contributed by atoms with Crippen molar-refractivity contribution in [2.45, 2.75) is 19.7 Å². The minimum atomic E-state index is 0.478. The van der Waals surface area contributed by atoms with E-state index in [1.807, 2.05) is 18.5 Å². The Bertz CT molecular complexity index is 525. The first-order valence-corrected chi connectivity index (χ1v) is 6.62. The third-order valence-corrected chi connectivity index (χ3v) is 3.23. The van der Waals surface area contributed by atoms with Gasteiger partial charge >= 0.3 is 0 Å². The van der Waals surface area contributed by atoms with E-state index in [1.165, 1.54) is 11.3 Å². The van der Waals surface area contributed by atoms with Gasteiger partial charge < -0.3 is 4.90 Å². The van der Waals surface area contributed by atoms with Gasteiger partial charge in [-0.2, -0.15) is 0 Å². The number of rotatable bonds is 4. The highest BCUT2D eigenvalue weighted by Crippen LogP contribution is 2.29. The molecule has 0 amide bonds. The van der Waals surface area contributed by atoms with Crippen molar-refractivity contribution in [1.82, 2.24) is 4.98 Å². The number of hydrogen-bond donors (Lipinski definition) is 0. The maximum atomic E-state index is 5.99. The van der Waals surface area contributed by atoms with Crippen LogP contribution in [0.5, 0.6) is 0 Å². The third-order valence-electron chi connectivity index (χ3n) is 2.94. The number of alkyl halides is 1. The first-order chi connectivity index (χ1) is 8.76. The Morgan fingerprint density at radius 2 is 2.11 bits per heavy atom. The average molecular weight is 261 g/mol. The molecule has 2 nitrogen and oxygen atoms in total. The van der Waals surface area contributed by atoms with E-state index in [2.05, 4.69) is 48.0 Å². The summed E-state index contributed by atoms with van der Waals surface area (Å²) in [7, 11) is 0. The number of pyridine rings is 1. The van der Waals surface area contributed by atoms with E-state index in [9.17, 15) is 0 Å². The van der Waals surface area contributed by atoms with Gasteiger partial charge in [-0.25, -0.2) is 0 Å². The van der Waals surface area contributed by atoms with Crippen LogP contribution in [-0.2, 0) is 5.88 Å². The summed E-state index contributed by atoms with van der Waals surface area (Å²) in [5.74, 6) is 0.478. The molecule has 0 fully saturated rings. The van der Waals surface area contributed by atoms with Crippen LogP contribution in [0.25, 0.3) is 0 Å². The second-order valence-corrected chi connectivity index (χ2v) is 4.49. The highest BCUT2D eigenvalue weighted by Gasteiger charge is 2.11. The number of anilines is 2. The van der Waals surface area contributed by atoms with Crippen molar-refractivity contribution in [2.75, 3.05) is 11.4 Å². The van der Waals surface area contributed by atoms with Crippen molar-refractivity contribution >= 4 is 23.0 Å². The van der Waals surface area contributed by atoms with E-state index in [0.717, 1.165) is 17.8 Å². The SMILES string of the molecule is CCN(c1cccc(C)c1)c1ccncc1CCl. The van der Waals surface area contributed by atoms with Crippen LogP contribution in [0.15, 0.2) is 42.7 Å². The second-order valence-electron chi connectivity index (χ2n) is 4.22. The zero-order valence-corrected chi connectivity index (χ0v) is 11.5. The Hall–Kier alpha value is -1.54. The Labute approximate surface area is 113 Å². The van der Waals surface area contributed by atoms with Gasteiger partial charge in [-0.05, 0) is 37.6 Å². The monoisotopic (exact) mass is 260 g/mol. The molecule has 1 aromatic heterocycles. The van der Waals surface area contributed by atoms with E-state index in [-0.39, 0.29) is 0 Å². The first kappa shape index (κ1) is 12.9. The third kappa shape index (κ3) is 2.65. The Morgan fingerprint density at radius 3 is 2.78 bits per heavy atom. The summed E-state index contributed by atoms with van der Waals surface area (Å²) in [4.78, 5) is 6.39. The summed E-state index contributed by atoms with van der Waals surface area (Å²) in [5, 5.41) is 0. The van der Waals surface area contributed by atoms with Crippen LogP contribution in [0.1, 0.15) is 18.1 Å². The number of hydrogen-bond acceptors (Lipinski definition) is 2. The fourth-order valence-corrected chi connectivity index (χ4v) is 2.28. The zero-order valence-electron chi connectivity index (χ0n) is 10.7. The van der Waals surface area contributed by atoms with Gasteiger partial charge in [-0.3, -0.25) is 4.98 Å². The lowest BCUT2D eigenvalue weighted by atomic mass is 10.1. The number of aryl methyl sites for hydroxylation is 1. The quantitative estimate of drug-likeness (QED) is 0.763. The summed E-state index contributed by atoms with van der Waals surface area (Å²) in [6.45, 7) is 5.14. The standard InChI is InChI=1S/C15H17ClN2/c1-3-18(14-6-4-5-12(2)9-14)15-7-8-17-11-13(15)10-16/h4-9,11H,3,10H2,1-2H3. The Balaban J connectivity index is 2.45. The van der Waals surface area contributed by atoms with Crippen molar-refractivity contribution in [3.63, 3.8) is 0 Å². The molecule has 2 aromatic rings. The molecular weight excluding hydrogens is 244 g/mol. The van der Waals surface area contributed by atoms with Crippen LogP contribution in [0, 0.1) is 6.92 Å². The number of aromatic nitrogens is 1. The Morgan fingerprint density at radius 1 is 1.28 bits per heavy atom. The lowest BCUT2D eigenvalue weighted by Crippen LogP contribution is -2.17. The summed E-state index contributed by atoms with van der Waals surface area (Å²) in [6.07, 6.45) is 3.64. The van der Waals surface area contributed by atoms with Gasteiger partial charge in [0, 0.05) is 35.9 Å². The molecule has 0 aliphatic rings. The molecule has 1 aromatic carbocycles. The number of nitrogens with zero attached hydrogens (tertiary/aromatic N) is 2. The van der Waals surface area contributed by atoms with Gasteiger partial charge in [0.1, 0.15) is 0 Å². The van der Waals surface area contributed by atoms with Gasteiger partial charge in [0.15, 0.2) is 0 Å². The van der Waals surface area contributed by atoms with Crippen molar-refractivity contribution in [1.29, 1.82) is 0 Å². The maximum absolute atomic E-state index is 5.99. The van der Waals surface area contributed by atoms with Crippen LogP contribution in [-0.4, -0.2) is 11.5 Å². The van der Waals surface area contributed by atoms with E-state index in [1.54, 1.807) is 0 Å². The van der Waals surface area contributed by atoms with Gasteiger partial charge in [0.25, 0.3) is 0 Å². The molecule has 0 spiro atoms. The molecule has 0 atom stereocenters. The summed E-state index contributed by atoms with van der Waals surface area (Å²) >= 11 is 5.99. The van der Waals surface area contributed by atoms with Crippen LogP contribution in [0.3, 0.4) is 0 Å². The van der Waals surface area contributed by atoms with Gasteiger partial charge in [0.05, 0.1) is 5.88 Å². The molecule has 18 heavy (non-hydrogen) atoms. The van der Waals surface area contributed by atoms with Gasteiger partial charge in [0.2, 0.25) is 0 Å². The average Bonchev–Trinajstić information content (AvgIpc) is 2.40. The molecule has 0 bridgehead atoms. The largest absolute Gasteiger partial charge is 0.341 e. The zero-order chi connectivity index (χ0) is 13.0. The number of benzene rings is 1. The first-order valence-electron chi connectivity index (χ1n) is 6.09. The molecule has 0 unspecified atom stereocenters. The molecule has 94 valence electrons. The predicted octanol–water partition coefficient (Wildman–Crippen LogP) is 4.29. The van der Waals surface area contributed by atoms with Crippen molar-refractivity contribution < 1.29 is 0 Å². The van der Waals surface area contributed by atoms with Crippen LogP contribution in [0.4, 0.5) is 11.4 Å². The molecule has 0 N–H and O–H groups in total. The highest BCUT2D eigenvalue weighted by atomic mass is 35.5. The Kier molecular flexibility index (Phi) is 4.21. The molecule has 1 heterocycles. The fraction of sp³-hybridized carbons (Fsp3) is 0.267. The summed E-state index contributed by atoms with van der Waals surface area (Å²) in [5.41, 5.74) is 4.64. The lowest BCUT2D eigenvalue weighted by Gasteiger charge is -2.25. The van der Waals surface area contributed by atoms with E-state index in [4.69, 9.17) is 11.6 Å². The van der Waals surface area contributed by atoms with E-state index in [0.29, 0.717) is 5.88 Å². The van der Waals surface area contributed by atoms with E-state index >= 15 is 0 Å². The smallest absolute Gasteiger partial charge is 0.0510 e. The normalized spacial score (nSPS) is 10.4. The minimum absolute atomic E-state index is 0.478. The van der Waals surface area contributed by atoms with Gasteiger partial charge in [-0.1, -0.05) is 12.1 Å². The molecule has 0 saturated heterocycles. The summed E-state index contributed by atoms with van der Waals surface area (Å²) < 4.78 is 0. The summed E-state index contributed by atoms with van der Waals surface area (Å²) in [6, 6.07) is 10.5. The molecule has 0 aliphatic heterocycles. The molecule has 0 aliphatic carbocycles. The maximum Gasteiger partial charge on any atom is 0.0510 e. The molecular formula is C15H17ClN2. The molecule has 0 saturated carbocycles. The topological polar surface area (TPSA) is 16.1 Å². The fourth-order valence-electron chi connectivity index (χ4n) is 2.07. The van der Waals surface area contributed by atoms with Crippen LogP contribution in [0.2, 0.25) is 0 Å². The van der Waals surface area contributed by atoms with Crippen molar-refractivity contribution in [3.8, 4) is 0 Å². The van der Waals surface area contributed by atoms with Crippen molar-refractivity contribution in [2.24, 2.45) is 0 Å². The number of halogens is 1. The van der Waals surface area contributed by atoms with Gasteiger partial charge in [-0.15, -0.1) is 11.6 Å². The van der Waals surface area contributed by atoms with E-state index < -0.39 is 0 Å². The molecule has 0 radical (unpaired) electrons. The lowest BCUT2D eigenvalue weighted by molar-refractivity contribution is 1.00. The second kappa shape index (κ2) is 5.87. The van der Waals surface area contributed by atoms with Crippen molar-refractivity contribution in [3.05, 3.63) is 53.9 Å². The predicted molar refractivity (Wildman–Crippen MR) is 77.7 cm³/mol. The molecule has 2 rings (SSSR count). The van der Waals surface area contributed by atoms with Crippen LogP contribution >= 0.6 is 11.6 Å². The van der Waals surface area contributed by atoms with Crippen LogP contribution < -0.4 is 4.90 Å².